The van der Waals surface area contributed by atoms with Gasteiger partial charge in [0.05, 0.1) is 17.4 Å². The third-order valence-electron chi connectivity index (χ3n) is 4.91. The zero-order valence-electron chi connectivity index (χ0n) is 15.4. The van der Waals surface area contributed by atoms with Crippen LogP contribution in [0.15, 0.2) is 35.6 Å². The lowest BCUT2D eigenvalue weighted by molar-refractivity contribution is -0.119. The fraction of sp³-hybridized carbons (Fsp3) is 0.526. The molecule has 3 N–H and O–H groups in total. The van der Waals surface area contributed by atoms with Gasteiger partial charge in [-0.3, -0.25) is 9.79 Å². The Bertz CT molecular complexity index is 768. The lowest BCUT2D eigenvalue weighted by Crippen LogP contribution is -2.47. The molecule has 1 saturated heterocycles. The summed E-state index contributed by atoms with van der Waals surface area (Å²) in [4.78, 5) is 22.3. The normalized spacial score (nSPS) is 18.3. The average Bonchev–Trinajstić information content (AvgIpc) is 3.05. The number of nitrogens with zero attached hydrogens (tertiary/aromatic N) is 4. The molecular weight excluding hydrogens is 328 g/mol. The summed E-state index contributed by atoms with van der Waals surface area (Å²) in [5, 5.41) is 3.45. The van der Waals surface area contributed by atoms with E-state index in [1.165, 1.54) is 5.52 Å². The van der Waals surface area contributed by atoms with Crippen molar-refractivity contribution in [2.45, 2.75) is 32.2 Å². The molecule has 2 aromatic rings. The van der Waals surface area contributed by atoms with Crippen LogP contribution in [0.4, 0.5) is 0 Å². The van der Waals surface area contributed by atoms with E-state index in [-0.39, 0.29) is 5.91 Å². The summed E-state index contributed by atoms with van der Waals surface area (Å²) in [6.45, 7) is 3.57. The van der Waals surface area contributed by atoms with E-state index in [0.29, 0.717) is 12.3 Å². The van der Waals surface area contributed by atoms with Gasteiger partial charge in [-0.1, -0.05) is 12.1 Å². The molecule has 3 rings (SSSR count). The Morgan fingerprint density at radius 1 is 1.42 bits per heavy atom. The number of nitrogens with one attached hydrogen (secondary N) is 1. The minimum atomic E-state index is -0.215. The summed E-state index contributed by atoms with van der Waals surface area (Å²) in [5.74, 6) is 1.03. The van der Waals surface area contributed by atoms with Gasteiger partial charge in [-0.15, -0.1) is 0 Å². The van der Waals surface area contributed by atoms with E-state index < -0.39 is 0 Å². The second kappa shape index (κ2) is 8.69. The number of hydrogen-bond donors (Lipinski definition) is 2. The molecule has 0 aliphatic carbocycles. The molecule has 1 aliphatic heterocycles. The standard InChI is InChI=1S/C19H28N6O/c1-21-19(24-10-4-6-15(13-24)12-18(20)26)22-9-5-11-25-14-23-16-7-2-3-8-17(16)25/h2-3,7-8,14-15H,4-6,9-13H2,1H3,(H2,20,26)(H,21,22). The molecule has 0 radical (unpaired) electrons. The Kier molecular flexibility index (Phi) is 6.09. The van der Waals surface area contributed by atoms with Crippen molar-refractivity contribution < 1.29 is 4.79 Å². The van der Waals surface area contributed by atoms with Crippen LogP contribution in [0, 0.1) is 5.92 Å². The number of fused-ring (bicyclic) bond motifs is 1. The van der Waals surface area contributed by atoms with Gasteiger partial charge >= 0.3 is 0 Å². The number of piperidine rings is 1. The van der Waals surface area contributed by atoms with Gasteiger partial charge in [0.25, 0.3) is 0 Å². The number of benzene rings is 1. The van der Waals surface area contributed by atoms with Gasteiger partial charge in [0.2, 0.25) is 5.91 Å². The Labute approximate surface area is 154 Å². The van der Waals surface area contributed by atoms with Crippen LogP contribution in [0.5, 0.6) is 0 Å². The molecule has 0 spiro atoms. The Morgan fingerprint density at radius 3 is 3.08 bits per heavy atom. The number of primary amides is 1. The van der Waals surface area contributed by atoms with E-state index in [9.17, 15) is 4.79 Å². The molecule has 1 aromatic heterocycles. The third-order valence-corrected chi connectivity index (χ3v) is 4.91. The van der Waals surface area contributed by atoms with E-state index in [0.717, 1.165) is 56.9 Å². The first-order chi connectivity index (χ1) is 12.7. The van der Waals surface area contributed by atoms with Crippen molar-refractivity contribution in [3.63, 3.8) is 0 Å². The lowest BCUT2D eigenvalue weighted by atomic mass is 9.95. The number of guanidine groups is 1. The Morgan fingerprint density at radius 2 is 2.27 bits per heavy atom. The Hall–Kier alpha value is -2.57. The largest absolute Gasteiger partial charge is 0.370 e. The second-order valence-corrected chi connectivity index (χ2v) is 6.88. The molecular formula is C19H28N6O. The van der Waals surface area contributed by atoms with Crippen molar-refractivity contribution in [2.24, 2.45) is 16.6 Å². The van der Waals surface area contributed by atoms with E-state index in [1.54, 1.807) is 0 Å². The maximum absolute atomic E-state index is 11.2. The van der Waals surface area contributed by atoms with E-state index in [4.69, 9.17) is 5.73 Å². The number of hydrogen-bond acceptors (Lipinski definition) is 3. The van der Waals surface area contributed by atoms with Crippen molar-refractivity contribution in [3.05, 3.63) is 30.6 Å². The molecule has 1 fully saturated rings. The van der Waals surface area contributed by atoms with Crippen LogP contribution >= 0.6 is 0 Å². The van der Waals surface area contributed by atoms with Crippen molar-refractivity contribution >= 4 is 22.9 Å². The second-order valence-electron chi connectivity index (χ2n) is 6.88. The Balaban J connectivity index is 1.47. The number of imidazole rings is 1. The molecule has 1 aromatic carbocycles. The molecule has 2 heterocycles. The molecule has 1 amide bonds. The number of amides is 1. The molecule has 1 atom stereocenters. The highest BCUT2D eigenvalue weighted by molar-refractivity contribution is 5.80. The van der Waals surface area contributed by atoms with Crippen molar-refractivity contribution in [3.8, 4) is 0 Å². The highest BCUT2D eigenvalue weighted by Gasteiger charge is 2.23. The first-order valence-electron chi connectivity index (χ1n) is 9.31. The number of aryl methyl sites for hydroxylation is 1. The quantitative estimate of drug-likeness (QED) is 0.467. The van der Waals surface area contributed by atoms with Crippen LogP contribution in [0.25, 0.3) is 11.0 Å². The van der Waals surface area contributed by atoms with Gasteiger partial charge in [0, 0.05) is 39.6 Å². The van der Waals surface area contributed by atoms with Crippen LogP contribution in [-0.4, -0.2) is 53.0 Å². The van der Waals surface area contributed by atoms with Crippen LogP contribution in [-0.2, 0) is 11.3 Å². The average molecular weight is 356 g/mol. The van der Waals surface area contributed by atoms with Crippen LogP contribution in [0.1, 0.15) is 25.7 Å². The predicted octanol–water partition coefficient (Wildman–Crippen LogP) is 1.59. The van der Waals surface area contributed by atoms with Gasteiger partial charge in [0.1, 0.15) is 0 Å². The molecule has 140 valence electrons. The number of rotatable bonds is 6. The summed E-state index contributed by atoms with van der Waals surface area (Å²) in [6, 6.07) is 8.18. The summed E-state index contributed by atoms with van der Waals surface area (Å²) >= 11 is 0. The minimum absolute atomic E-state index is 0.215. The van der Waals surface area contributed by atoms with Gasteiger partial charge in [-0.05, 0) is 37.3 Å². The SMILES string of the molecule is CN=C(NCCCn1cnc2ccccc21)N1CCCC(CC(N)=O)C1. The van der Waals surface area contributed by atoms with E-state index >= 15 is 0 Å². The zero-order valence-corrected chi connectivity index (χ0v) is 15.4. The number of aromatic nitrogens is 2. The maximum atomic E-state index is 11.2. The molecule has 1 unspecified atom stereocenters. The van der Waals surface area contributed by atoms with Crippen molar-refractivity contribution in [1.29, 1.82) is 0 Å². The number of para-hydroxylation sites is 2. The molecule has 7 heteroatoms. The minimum Gasteiger partial charge on any atom is -0.370 e. The number of carbonyl (C=O) groups is 1. The summed E-state index contributed by atoms with van der Waals surface area (Å²) in [6.07, 6.45) is 5.47. The predicted molar refractivity (Wildman–Crippen MR) is 104 cm³/mol. The zero-order chi connectivity index (χ0) is 18.4. The summed E-state index contributed by atoms with van der Waals surface area (Å²) in [7, 11) is 1.81. The highest BCUT2D eigenvalue weighted by atomic mass is 16.1. The number of aliphatic imine (C=N–C) groups is 1. The van der Waals surface area contributed by atoms with Gasteiger partial charge in [-0.2, -0.15) is 0 Å². The van der Waals surface area contributed by atoms with Gasteiger partial charge in [0.15, 0.2) is 5.96 Å². The summed E-state index contributed by atoms with van der Waals surface area (Å²) < 4.78 is 2.18. The molecule has 0 bridgehead atoms. The monoisotopic (exact) mass is 356 g/mol. The van der Waals surface area contributed by atoms with Gasteiger partial charge < -0.3 is 20.5 Å². The number of carbonyl (C=O) groups excluding carboxylic acids is 1. The number of nitrogens with two attached hydrogens (primary N) is 1. The van der Waals surface area contributed by atoms with Gasteiger partial charge in [-0.25, -0.2) is 4.98 Å². The van der Waals surface area contributed by atoms with Crippen LogP contribution in [0.3, 0.4) is 0 Å². The molecule has 7 nitrogen and oxygen atoms in total. The smallest absolute Gasteiger partial charge is 0.217 e. The van der Waals surface area contributed by atoms with Crippen LogP contribution < -0.4 is 11.1 Å². The third kappa shape index (κ3) is 4.53. The summed E-state index contributed by atoms with van der Waals surface area (Å²) in [5.41, 5.74) is 7.55. The lowest BCUT2D eigenvalue weighted by Gasteiger charge is -2.34. The van der Waals surface area contributed by atoms with Crippen molar-refractivity contribution in [2.75, 3.05) is 26.7 Å². The van der Waals surface area contributed by atoms with Crippen molar-refractivity contribution in [1.82, 2.24) is 19.8 Å². The number of likely N-dealkylation sites (tertiary alicyclic amines) is 1. The van der Waals surface area contributed by atoms with E-state index in [1.807, 2.05) is 31.6 Å². The topological polar surface area (TPSA) is 88.5 Å². The first-order valence-corrected chi connectivity index (χ1v) is 9.31. The first kappa shape index (κ1) is 18.2. The fourth-order valence-corrected chi connectivity index (χ4v) is 3.68. The maximum Gasteiger partial charge on any atom is 0.217 e. The molecule has 26 heavy (non-hydrogen) atoms. The highest BCUT2D eigenvalue weighted by Crippen LogP contribution is 2.19. The van der Waals surface area contributed by atoms with Crippen LogP contribution in [0.2, 0.25) is 0 Å². The van der Waals surface area contributed by atoms with E-state index in [2.05, 4.69) is 30.8 Å². The molecule has 0 saturated carbocycles. The fourth-order valence-electron chi connectivity index (χ4n) is 3.68. The molecule has 1 aliphatic rings.